The summed E-state index contributed by atoms with van der Waals surface area (Å²) in [6.45, 7) is 0.400. The van der Waals surface area contributed by atoms with Gasteiger partial charge in [0.2, 0.25) is 0 Å². The smallest absolute Gasteiger partial charge is 0.312 e. The van der Waals surface area contributed by atoms with E-state index in [-0.39, 0.29) is 5.78 Å². The maximum atomic E-state index is 12.9. The van der Waals surface area contributed by atoms with E-state index in [1.807, 2.05) is 43.4 Å². The highest BCUT2D eigenvalue weighted by atomic mass is 16.2. The Balaban J connectivity index is 1.79. The number of amides is 2. The van der Waals surface area contributed by atoms with Gasteiger partial charge in [-0.1, -0.05) is 18.2 Å². The molecule has 1 aliphatic heterocycles. The molecule has 0 fully saturated rings. The summed E-state index contributed by atoms with van der Waals surface area (Å²) in [7, 11) is 1.97. The van der Waals surface area contributed by atoms with Gasteiger partial charge < -0.3 is 27.0 Å². The number of carbonyl (C=O) groups excluding carboxylic acids is 2. The van der Waals surface area contributed by atoms with Gasteiger partial charge in [-0.2, -0.15) is 0 Å². The second kappa shape index (κ2) is 7.45. The van der Waals surface area contributed by atoms with Crippen molar-refractivity contribution in [3.05, 3.63) is 48.0 Å². The minimum Gasteiger partial charge on any atom is -0.352 e. The van der Waals surface area contributed by atoms with Gasteiger partial charge in [-0.25, -0.2) is 4.79 Å². The van der Waals surface area contributed by atoms with Crippen LogP contribution in [0.15, 0.2) is 42.5 Å². The van der Waals surface area contributed by atoms with Crippen LogP contribution < -0.4 is 27.0 Å². The average molecular weight is 353 g/mol. The Hall–Kier alpha value is -3.06. The molecular weight excluding hydrogens is 330 g/mol. The van der Waals surface area contributed by atoms with Gasteiger partial charge in [0.05, 0.1) is 28.8 Å². The number of nitrogens with one attached hydrogen (secondary N) is 2. The van der Waals surface area contributed by atoms with Gasteiger partial charge in [0.25, 0.3) is 0 Å². The zero-order valence-corrected chi connectivity index (χ0v) is 14.7. The predicted octanol–water partition coefficient (Wildman–Crippen LogP) is 2.47. The van der Waals surface area contributed by atoms with Gasteiger partial charge in [-0.15, -0.1) is 0 Å². The fraction of sp³-hybridized carbons (Fsp3) is 0.263. The summed E-state index contributed by atoms with van der Waals surface area (Å²) in [5, 5.41) is 5.87. The first-order valence-corrected chi connectivity index (χ1v) is 8.55. The molecule has 1 atom stereocenters. The van der Waals surface area contributed by atoms with Gasteiger partial charge in [-0.3, -0.25) is 4.79 Å². The Kier molecular flexibility index (Phi) is 5.09. The van der Waals surface area contributed by atoms with Gasteiger partial charge >= 0.3 is 6.03 Å². The van der Waals surface area contributed by atoms with E-state index in [2.05, 4.69) is 15.5 Å². The first-order chi connectivity index (χ1) is 12.5. The predicted molar refractivity (Wildman–Crippen MR) is 103 cm³/mol. The fourth-order valence-electron chi connectivity index (χ4n) is 3.16. The fourth-order valence-corrected chi connectivity index (χ4v) is 3.16. The van der Waals surface area contributed by atoms with E-state index in [1.165, 1.54) is 0 Å². The Bertz CT molecular complexity index is 836. The highest BCUT2D eigenvalue weighted by Crippen LogP contribution is 2.44. The van der Waals surface area contributed by atoms with Gasteiger partial charge in [0.15, 0.2) is 5.78 Å². The van der Waals surface area contributed by atoms with E-state index in [0.717, 1.165) is 22.7 Å². The van der Waals surface area contributed by atoms with Crippen LogP contribution in [0.3, 0.4) is 0 Å². The van der Waals surface area contributed by atoms with E-state index >= 15 is 0 Å². The molecule has 2 aromatic rings. The lowest BCUT2D eigenvalue weighted by molar-refractivity contribution is 0.0957. The van der Waals surface area contributed by atoms with Crippen LogP contribution >= 0.6 is 0 Å². The monoisotopic (exact) mass is 353 g/mol. The molecule has 6 N–H and O–H groups in total. The van der Waals surface area contributed by atoms with Crippen molar-refractivity contribution in [3.8, 4) is 0 Å². The van der Waals surface area contributed by atoms with E-state index in [4.69, 9.17) is 11.5 Å². The number of carbonyl (C=O) groups is 2. The van der Waals surface area contributed by atoms with Crippen LogP contribution in [0.5, 0.6) is 0 Å². The van der Waals surface area contributed by atoms with Crippen LogP contribution in [0.2, 0.25) is 0 Å². The number of fused-ring (bicyclic) bond motifs is 2. The topological polar surface area (TPSA) is 113 Å². The Morgan fingerprint density at radius 1 is 1.15 bits per heavy atom. The number of urea groups is 1. The molecule has 7 nitrogen and oxygen atoms in total. The molecular formula is C19H23N5O2. The van der Waals surface area contributed by atoms with Crippen LogP contribution in [0, 0.1) is 0 Å². The highest BCUT2D eigenvalue weighted by Gasteiger charge is 2.26. The normalized spacial score (nSPS) is 13.2. The number of para-hydroxylation sites is 3. The largest absolute Gasteiger partial charge is 0.352 e. The van der Waals surface area contributed by atoms with Crippen molar-refractivity contribution in [1.29, 1.82) is 0 Å². The lowest BCUT2D eigenvalue weighted by Gasteiger charge is -2.32. The molecule has 26 heavy (non-hydrogen) atoms. The molecule has 0 saturated carbocycles. The Labute approximate surface area is 152 Å². The summed E-state index contributed by atoms with van der Waals surface area (Å²) in [5.74, 6) is -0.124. The number of nitrogens with two attached hydrogens (primary N) is 2. The summed E-state index contributed by atoms with van der Waals surface area (Å²) in [5.41, 5.74) is 15.4. The third-order valence-corrected chi connectivity index (χ3v) is 4.52. The maximum Gasteiger partial charge on any atom is 0.312 e. The molecule has 136 valence electrons. The molecule has 0 bridgehead atoms. The Morgan fingerprint density at radius 3 is 2.65 bits per heavy atom. The van der Waals surface area contributed by atoms with Crippen molar-refractivity contribution in [3.63, 3.8) is 0 Å². The average Bonchev–Trinajstić information content (AvgIpc) is 2.64. The maximum absolute atomic E-state index is 12.9. The van der Waals surface area contributed by atoms with Crippen LogP contribution in [-0.2, 0) is 0 Å². The van der Waals surface area contributed by atoms with Crippen molar-refractivity contribution in [1.82, 2.24) is 5.32 Å². The van der Waals surface area contributed by atoms with Crippen LogP contribution in [0.25, 0.3) is 0 Å². The summed E-state index contributed by atoms with van der Waals surface area (Å²) < 4.78 is 0. The molecule has 0 aromatic heterocycles. The van der Waals surface area contributed by atoms with Crippen LogP contribution in [0.4, 0.5) is 27.5 Å². The van der Waals surface area contributed by atoms with Gasteiger partial charge in [0.1, 0.15) is 0 Å². The van der Waals surface area contributed by atoms with E-state index in [0.29, 0.717) is 24.9 Å². The molecule has 0 aliphatic carbocycles. The van der Waals surface area contributed by atoms with E-state index in [1.54, 1.807) is 6.07 Å². The Morgan fingerprint density at radius 2 is 1.88 bits per heavy atom. The summed E-state index contributed by atoms with van der Waals surface area (Å²) in [4.78, 5) is 25.6. The van der Waals surface area contributed by atoms with Crippen LogP contribution in [-0.4, -0.2) is 31.4 Å². The molecule has 2 aromatic carbocycles. The minimum absolute atomic E-state index is 0.124. The first kappa shape index (κ1) is 17.8. The SMILES string of the molecule is CN1c2ccccc2Nc2c(C(=O)[C@@H](N)CCCNC(N)=O)cccc21. The van der Waals surface area contributed by atoms with Gasteiger partial charge in [-0.05, 0) is 37.1 Å². The highest BCUT2D eigenvalue weighted by molar-refractivity contribution is 6.09. The van der Waals surface area contributed by atoms with E-state index in [9.17, 15) is 9.59 Å². The number of benzene rings is 2. The molecule has 0 saturated heterocycles. The van der Waals surface area contributed by atoms with Crippen molar-refractivity contribution in [2.24, 2.45) is 11.5 Å². The zero-order valence-electron chi connectivity index (χ0n) is 14.7. The summed E-state index contributed by atoms with van der Waals surface area (Å²) >= 11 is 0. The van der Waals surface area contributed by atoms with E-state index < -0.39 is 12.1 Å². The van der Waals surface area contributed by atoms with Crippen LogP contribution in [0.1, 0.15) is 23.2 Å². The number of ketones is 1. The molecule has 2 amide bonds. The zero-order chi connectivity index (χ0) is 18.7. The number of rotatable bonds is 6. The molecule has 3 rings (SSSR count). The number of anilines is 4. The second-order valence-electron chi connectivity index (χ2n) is 6.30. The second-order valence-corrected chi connectivity index (χ2v) is 6.30. The number of hydrogen-bond donors (Lipinski definition) is 4. The van der Waals surface area contributed by atoms with Crippen molar-refractivity contribution >= 4 is 34.6 Å². The molecule has 0 spiro atoms. The minimum atomic E-state index is -0.638. The third kappa shape index (κ3) is 3.48. The molecule has 1 aliphatic rings. The van der Waals surface area contributed by atoms with Crippen molar-refractivity contribution < 1.29 is 9.59 Å². The lowest BCUT2D eigenvalue weighted by Crippen LogP contribution is -2.34. The summed E-state index contributed by atoms with van der Waals surface area (Å²) in [6, 6.07) is 12.3. The number of nitrogens with zero attached hydrogens (tertiary/aromatic N) is 1. The molecule has 0 radical (unpaired) electrons. The van der Waals surface area contributed by atoms with Gasteiger partial charge in [0, 0.05) is 19.2 Å². The molecule has 1 heterocycles. The van der Waals surface area contributed by atoms with Crippen molar-refractivity contribution in [2.75, 3.05) is 23.8 Å². The summed E-state index contributed by atoms with van der Waals surface area (Å²) in [6.07, 6.45) is 1.05. The first-order valence-electron chi connectivity index (χ1n) is 8.55. The molecule has 7 heteroatoms. The quantitative estimate of drug-likeness (QED) is 0.471. The number of hydrogen-bond acceptors (Lipinski definition) is 5. The standard InChI is InChI=1S/C19H23N5O2/c1-24-15-9-3-2-8-14(15)23-17-12(6-4-10-16(17)24)18(25)13(20)7-5-11-22-19(21)26/h2-4,6,8-10,13,23H,5,7,11,20H2,1H3,(H3,21,22,26)/t13-/m0/s1. The third-order valence-electron chi connectivity index (χ3n) is 4.52. The lowest BCUT2D eigenvalue weighted by atomic mass is 9.97. The molecule has 0 unspecified atom stereocenters. The number of Topliss-reactive ketones (excluding diaryl/α,β-unsaturated/α-hetero) is 1. The number of primary amides is 1. The van der Waals surface area contributed by atoms with Crippen molar-refractivity contribution in [2.45, 2.75) is 18.9 Å².